The number of amides is 2. The summed E-state index contributed by atoms with van der Waals surface area (Å²) < 4.78 is 21.9. The van der Waals surface area contributed by atoms with E-state index in [-0.39, 0.29) is 25.8 Å². The maximum Gasteiger partial charge on any atom is 0.410 e. The molecule has 0 heterocycles. The van der Waals surface area contributed by atoms with Crippen LogP contribution in [0.3, 0.4) is 0 Å². The lowest BCUT2D eigenvalue weighted by Gasteiger charge is -2.42. The second kappa shape index (κ2) is 14.5. The Balaban J connectivity index is 2.22. The van der Waals surface area contributed by atoms with Crippen LogP contribution in [0.15, 0.2) is 54.6 Å². The number of benzene rings is 2. The lowest BCUT2D eigenvalue weighted by Crippen LogP contribution is -2.55. The number of carbonyl (C=O) groups is 4. The molecular weight excluding hydrogens is 527 g/mol. The van der Waals surface area contributed by atoms with Gasteiger partial charge in [0.25, 0.3) is 0 Å². The second-order valence-corrected chi connectivity index (χ2v) is 10.7. The first kappa shape index (κ1) is 31.5. The molecule has 0 aromatic heterocycles. The Hall–Kier alpha value is -3.69. The molecule has 0 saturated heterocycles. The molecule has 2 rings (SSSR count). The Labute approximate surface area is 227 Å². The van der Waals surface area contributed by atoms with Gasteiger partial charge in [-0.1, -0.05) is 68.4 Å². The maximum absolute atomic E-state index is 12.9. The molecule has 0 fully saturated rings. The molecule has 212 valence electrons. The van der Waals surface area contributed by atoms with E-state index in [2.05, 4.69) is 5.32 Å². The van der Waals surface area contributed by atoms with Gasteiger partial charge < -0.3 is 35.3 Å². The fourth-order valence-corrected chi connectivity index (χ4v) is 5.00. The number of carboxylic acid groups (broad SMARTS) is 1. The lowest BCUT2D eigenvalue weighted by atomic mass is 9.70. The number of nitrogens with one attached hydrogen (secondary N) is 1. The van der Waals surface area contributed by atoms with Crippen LogP contribution in [0.2, 0.25) is 0 Å². The molecule has 0 spiro atoms. The number of hydrogen-bond donors (Lipinski definition) is 4. The number of rotatable bonds is 15. The van der Waals surface area contributed by atoms with Crippen LogP contribution in [0.4, 0.5) is 4.79 Å². The van der Waals surface area contributed by atoms with Gasteiger partial charge in [0, 0.05) is 19.4 Å². The topological polar surface area (TPSA) is 182 Å². The highest BCUT2D eigenvalue weighted by Gasteiger charge is 2.54. The molecule has 5 N–H and O–H groups in total. The van der Waals surface area contributed by atoms with Crippen molar-refractivity contribution in [1.29, 1.82) is 0 Å². The first-order valence-corrected chi connectivity index (χ1v) is 13.4. The number of carbonyl (C=O) groups excluding carboxylic acids is 3. The van der Waals surface area contributed by atoms with Gasteiger partial charge in [-0.05, 0) is 29.5 Å². The van der Waals surface area contributed by atoms with Crippen molar-refractivity contribution in [2.75, 3.05) is 13.3 Å². The fourth-order valence-electron chi connectivity index (χ4n) is 4.12. The molecule has 0 aliphatic rings. The molecule has 11 nitrogen and oxygen atoms in total. The number of aliphatic carboxylic acids is 1. The largest absolute Gasteiger partial charge is 0.481 e. The predicted octanol–water partition coefficient (Wildman–Crippen LogP) is 2.95. The van der Waals surface area contributed by atoms with Crippen LogP contribution in [-0.4, -0.2) is 52.8 Å². The number of carboxylic acids is 1. The van der Waals surface area contributed by atoms with E-state index in [0.717, 1.165) is 11.1 Å². The van der Waals surface area contributed by atoms with Gasteiger partial charge in [-0.2, -0.15) is 0 Å². The summed E-state index contributed by atoms with van der Waals surface area (Å²) in [5.41, 5.74) is 6.30. The summed E-state index contributed by atoms with van der Waals surface area (Å²) in [6.45, 7) is 2.32. The molecule has 2 amide bonds. The first-order chi connectivity index (χ1) is 18.4. The minimum Gasteiger partial charge on any atom is -0.481 e. The maximum atomic E-state index is 12.9. The van der Waals surface area contributed by atoms with Gasteiger partial charge in [0.05, 0.1) is 19.8 Å². The number of nitrogens with two attached hydrogens (primary N) is 1. The zero-order valence-corrected chi connectivity index (χ0v) is 23.1. The minimum absolute atomic E-state index is 0.175. The van der Waals surface area contributed by atoms with Crippen molar-refractivity contribution in [2.45, 2.75) is 44.9 Å². The van der Waals surface area contributed by atoms with E-state index < -0.39 is 62.3 Å². The Morgan fingerprint density at radius 1 is 0.974 bits per heavy atom. The highest BCUT2D eigenvalue weighted by molar-refractivity contribution is 7.25. The normalized spacial score (nSPS) is 14.4. The zero-order chi connectivity index (χ0) is 29.1. The molecule has 0 radical (unpaired) electrons. The smallest absolute Gasteiger partial charge is 0.410 e. The Bertz CT molecular complexity index is 1160. The summed E-state index contributed by atoms with van der Waals surface area (Å²) in [6.07, 6.45) is -2.41. The zero-order valence-electron chi connectivity index (χ0n) is 21.9. The number of hydrogen-bond acceptors (Lipinski definition) is 8. The van der Waals surface area contributed by atoms with E-state index in [1.165, 1.54) is 0 Å². The molecule has 39 heavy (non-hydrogen) atoms. The van der Waals surface area contributed by atoms with Crippen LogP contribution in [-0.2, 0) is 34.8 Å². The van der Waals surface area contributed by atoms with E-state index in [0.29, 0.717) is 5.56 Å². The summed E-state index contributed by atoms with van der Waals surface area (Å²) in [5.74, 6) is -3.20. The average Bonchev–Trinajstić information content (AvgIpc) is 2.91. The molecule has 3 unspecified atom stereocenters. The van der Waals surface area contributed by atoms with Crippen LogP contribution in [0.25, 0.3) is 11.1 Å². The van der Waals surface area contributed by atoms with Crippen molar-refractivity contribution in [2.24, 2.45) is 17.1 Å². The van der Waals surface area contributed by atoms with Crippen LogP contribution >= 0.6 is 8.46 Å². The number of primary amides is 1. The third-order valence-electron chi connectivity index (χ3n) is 6.47. The van der Waals surface area contributed by atoms with Gasteiger partial charge in [0.1, 0.15) is 5.34 Å². The Kier molecular flexibility index (Phi) is 11.7. The standard InChI is InChI=1S/C27H35N2O9P/c1-18(2)23(32)37-17-38-25(34)29-15-14-27(35,39-36)26(24(28)33,13-12-22(30)31)16-19-8-10-21(11-9-19)20-6-4-3-5-7-20/h3-11,18,35H,12-17,39H2,1-2H3,(H2,28,33)(H,29,34)(H,30,31). The van der Waals surface area contributed by atoms with Crippen molar-refractivity contribution in [3.05, 3.63) is 60.2 Å². The number of alkyl carbamates (subject to hydrolysis) is 1. The molecule has 0 aliphatic carbocycles. The molecule has 12 heteroatoms. The van der Waals surface area contributed by atoms with Crippen LogP contribution < -0.4 is 11.1 Å². The van der Waals surface area contributed by atoms with Crippen LogP contribution in [0.5, 0.6) is 0 Å². The van der Waals surface area contributed by atoms with E-state index in [1.54, 1.807) is 26.0 Å². The lowest BCUT2D eigenvalue weighted by molar-refractivity contribution is -0.155. The van der Waals surface area contributed by atoms with Crippen LogP contribution in [0, 0.1) is 11.3 Å². The van der Waals surface area contributed by atoms with Crippen LogP contribution in [0.1, 0.15) is 38.7 Å². The SMILES string of the molecule is CC(C)C(=O)OCOC(=O)NCCC(O)([PH2]=O)C(CCC(=O)O)(Cc1ccc(-c2ccccc2)cc1)C(N)=O. The molecule has 0 aliphatic heterocycles. The summed E-state index contributed by atoms with van der Waals surface area (Å²) in [6, 6.07) is 16.6. The van der Waals surface area contributed by atoms with E-state index in [4.69, 9.17) is 15.2 Å². The number of aliphatic hydroxyl groups is 1. The molecule has 2 aromatic carbocycles. The van der Waals surface area contributed by atoms with E-state index in [1.807, 2.05) is 42.5 Å². The van der Waals surface area contributed by atoms with Crippen molar-refractivity contribution in [1.82, 2.24) is 5.32 Å². The quantitative estimate of drug-likeness (QED) is 0.144. The molecule has 2 aromatic rings. The van der Waals surface area contributed by atoms with Gasteiger partial charge in [0.2, 0.25) is 12.7 Å². The van der Waals surface area contributed by atoms with Crippen molar-refractivity contribution >= 4 is 32.4 Å². The summed E-state index contributed by atoms with van der Waals surface area (Å²) >= 11 is 0. The van der Waals surface area contributed by atoms with E-state index >= 15 is 0 Å². The Morgan fingerprint density at radius 3 is 2.13 bits per heavy atom. The van der Waals surface area contributed by atoms with Gasteiger partial charge in [-0.25, -0.2) is 4.79 Å². The van der Waals surface area contributed by atoms with Crippen molar-refractivity contribution < 1.29 is 43.4 Å². The molecule has 3 atom stereocenters. The highest BCUT2D eigenvalue weighted by Crippen LogP contribution is 2.48. The van der Waals surface area contributed by atoms with Gasteiger partial charge >= 0.3 is 18.0 Å². The first-order valence-electron chi connectivity index (χ1n) is 12.4. The summed E-state index contributed by atoms with van der Waals surface area (Å²) in [5, 5.41) is 20.9. The van der Waals surface area contributed by atoms with Crippen molar-refractivity contribution in [3.8, 4) is 11.1 Å². The minimum atomic E-state index is -2.22. The molecular formula is C27H35N2O9P. The fraction of sp³-hybridized carbons (Fsp3) is 0.407. The monoisotopic (exact) mass is 562 g/mol. The van der Waals surface area contributed by atoms with Gasteiger partial charge in [0.15, 0.2) is 0 Å². The van der Waals surface area contributed by atoms with E-state index in [9.17, 15) is 34.0 Å². The summed E-state index contributed by atoms with van der Waals surface area (Å²) in [7, 11) is -2.07. The van der Waals surface area contributed by atoms with Gasteiger partial charge in [-0.3, -0.25) is 14.4 Å². The number of esters is 1. The Morgan fingerprint density at radius 2 is 1.59 bits per heavy atom. The highest BCUT2D eigenvalue weighted by atomic mass is 31.1. The average molecular weight is 563 g/mol. The third-order valence-corrected chi connectivity index (χ3v) is 7.70. The predicted molar refractivity (Wildman–Crippen MR) is 144 cm³/mol. The third kappa shape index (κ3) is 8.66. The number of ether oxygens (including phenoxy) is 2. The molecule has 0 saturated carbocycles. The summed E-state index contributed by atoms with van der Waals surface area (Å²) in [4.78, 5) is 47.7. The van der Waals surface area contributed by atoms with Crippen molar-refractivity contribution in [3.63, 3.8) is 0 Å². The van der Waals surface area contributed by atoms with Gasteiger partial charge in [-0.15, -0.1) is 0 Å². The molecule has 0 bridgehead atoms. The second-order valence-electron chi connectivity index (χ2n) is 9.47.